The molecule has 3 aliphatic rings. The van der Waals surface area contributed by atoms with Crippen LogP contribution in [0.4, 0.5) is 10.2 Å². The molecule has 3 heterocycles. The van der Waals surface area contributed by atoms with Gasteiger partial charge in [-0.3, -0.25) is 4.79 Å². The van der Waals surface area contributed by atoms with Gasteiger partial charge < -0.3 is 10.2 Å². The van der Waals surface area contributed by atoms with Crippen molar-refractivity contribution in [1.82, 2.24) is 9.88 Å². The van der Waals surface area contributed by atoms with E-state index in [0.29, 0.717) is 23.6 Å². The van der Waals surface area contributed by atoms with Crippen LogP contribution in [0, 0.1) is 17.1 Å². The van der Waals surface area contributed by atoms with E-state index in [1.807, 2.05) is 0 Å². The van der Waals surface area contributed by atoms with Crippen LogP contribution < -0.4 is 5.32 Å². The van der Waals surface area contributed by atoms with Crippen molar-refractivity contribution >= 4 is 23.3 Å². The van der Waals surface area contributed by atoms with E-state index in [0.717, 1.165) is 43.6 Å². The predicted molar refractivity (Wildman–Crippen MR) is 117 cm³/mol. The molecule has 1 atom stereocenters. The van der Waals surface area contributed by atoms with Crippen LogP contribution in [-0.4, -0.2) is 34.9 Å². The summed E-state index contributed by atoms with van der Waals surface area (Å²) in [5, 5.41) is 13.2. The number of nitriles is 1. The maximum atomic E-state index is 15.7. The second-order valence-electron chi connectivity index (χ2n) is 8.53. The lowest BCUT2D eigenvalue weighted by Crippen LogP contribution is -2.43. The van der Waals surface area contributed by atoms with E-state index in [4.69, 9.17) is 11.6 Å². The molecule has 0 saturated carbocycles. The van der Waals surface area contributed by atoms with Crippen LogP contribution in [0.5, 0.6) is 0 Å². The lowest BCUT2D eigenvalue weighted by Gasteiger charge is -2.31. The Balaban J connectivity index is 1.56. The minimum atomic E-state index is -0.622. The number of halogens is 2. The van der Waals surface area contributed by atoms with E-state index < -0.39 is 17.8 Å². The third-order valence-electron chi connectivity index (χ3n) is 6.76. The number of nitrogens with one attached hydrogen (secondary N) is 1. The number of piperidine rings is 1. The van der Waals surface area contributed by atoms with Gasteiger partial charge in [-0.15, -0.1) is 0 Å². The third-order valence-corrected chi connectivity index (χ3v) is 7.15. The van der Waals surface area contributed by atoms with Crippen molar-refractivity contribution in [2.75, 3.05) is 18.4 Å². The quantitative estimate of drug-likeness (QED) is 0.667. The first kappa shape index (κ1) is 20.0. The monoisotopic (exact) mass is 436 g/mol. The van der Waals surface area contributed by atoms with Crippen LogP contribution in [0.2, 0.25) is 5.02 Å². The SMILES string of the molecule is N#CC1CCCCN1C(=O)c1cccc(-c2cnc3c(c2Cl)C2(CC=CC2)CN3)c1F. The summed E-state index contributed by atoms with van der Waals surface area (Å²) < 4.78 is 15.7. The van der Waals surface area contributed by atoms with Crippen molar-refractivity contribution in [3.8, 4) is 17.2 Å². The van der Waals surface area contributed by atoms with Gasteiger partial charge in [0.05, 0.1) is 16.7 Å². The second kappa shape index (κ2) is 7.65. The zero-order chi connectivity index (χ0) is 21.6. The molecule has 1 fully saturated rings. The number of benzene rings is 1. The average Bonchev–Trinajstić information content (AvgIpc) is 3.42. The average molecular weight is 437 g/mol. The number of anilines is 1. The number of hydrogen-bond donors (Lipinski definition) is 1. The summed E-state index contributed by atoms with van der Waals surface area (Å²) in [5.74, 6) is -0.327. The molecule has 1 aromatic carbocycles. The van der Waals surface area contributed by atoms with Gasteiger partial charge in [-0.25, -0.2) is 9.37 Å². The number of likely N-dealkylation sites (tertiary alicyclic amines) is 1. The Kier molecular flexibility index (Phi) is 4.94. The maximum Gasteiger partial charge on any atom is 0.257 e. The van der Waals surface area contributed by atoms with E-state index in [1.54, 1.807) is 18.3 Å². The van der Waals surface area contributed by atoms with Gasteiger partial charge in [-0.2, -0.15) is 5.26 Å². The molecule has 1 saturated heterocycles. The molecular formula is C24H22ClFN4O. The number of rotatable bonds is 2. The highest BCUT2D eigenvalue weighted by molar-refractivity contribution is 6.34. The normalized spacial score (nSPS) is 21.1. The minimum Gasteiger partial charge on any atom is -0.369 e. The van der Waals surface area contributed by atoms with Gasteiger partial charge in [0, 0.05) is 41.4 Å². The van der Waals surface area contributed by atoms with Crippen LogP contribution >= 0.6 is 11.6 Å². The summed E-state index contributed by atoms with van der Waals surface area (Å²) >= 11 is 6.84. The fourth-order valence-corrected chi connectivity index (χ4v) is 5.49. The van der Waals surface area contributed by atoms with Gasteiger partial charge in [0.15, 0.2) is 0 Å². The highest BCUT2D eigenvalue weighted by Gasteiger charge is 2.42. The summed E-state index contributed by atoms with van der Waals surface area (Å²) in [6, 6.07) is 6.42. The summed E-state index contributed by atoms with van der Waals surface area (Å²) in [6.45, 7) is 1.21. The number of aromatic nitrogens is 1. The van der Waals surface area contributed by atoms with Gasteiger partial charge in [0.1, 0.15) is 17.7 Å². The van der Waals surface area contributed by atoms with Crippen molar-refractivity contribution in [2.24, 2.45) is 0 Å². The molecule has 1 N–H and O–H groups in total. The van der Waals surface area contributed by atoms with Crippen molar-refractivity contribution in [2.45, 2.75) is 43.6 Å². The molecular weight excluding hydrogens is 415 g/mol. The molecule has 5 rings (SSSR count). The Morgan fingerprint density at radius 1 is 1.29 bits per heavy atom. The first-order chi connectivity index (χ1) is 15.1. The summed E-state index contributed by atoms with van der Waals surface area (Å²) in [5.41, 5.74) is 1.48. The largest absolute Gasteiger partial charge is 0.369 e. The van der Waals surface area contributed by atoms with Gasteiger partial charge in [-0.05, 0) is 38.2 Å². The van der Waals surface area contributed by atoms with Gasteiger partial charge in [-0.1, -0.05) is 35.9 Å². The molecule has 31 heavy (non-hydrogen) atoms. The van der Waals surface area contributed by atoms with Crippen molar-refractivity contribution in [3.63, 3.8) is 0 Å². The molecule has 2 aromatic rings. The fraction of sp³-hybridized carbons (Fsp3) is 0.375. The molecule has 1 aromatic heterocycles. The molecule has 1 unspecified atom stereocenters. The lowest BCUT2D eigenvalue weighted by atomic mass is 9.80. The Labute approximate surface area is 185 Å². The standard InChI is InChI=1S/C24H22ClFN4O/c25-20-18(13-28-22-19(20)24(14-29-22)9-2-3-10-24)16-7-5-8-17(21(16)26)23(31)30-11-4-1-6-15(30)12-27/h2-3,5,7-8,13,15H,1,4,6,9-11,14H2,(H,28,29). The topological polar surface area (TPSA) is 69.0 Å². The summed E-state index contributed by atoms with van der Waals surface area (Å²) in [4.78, 5) is 19.1. The first-order valence-electron chi connectivity index (χ1n) is 10.6. The smallest absolute Gasteiger partial charge is 0.257 e. The highest BCUT2D eigenvalue weighted by Crippen LogP contribution is 2.50. The van der Waals surface area contributed by atoms with Crippen molar-refractivity contribution in [3.05, 3.63) is 58.5 Å². The van der Waals surface area contributed by atoms with E-state index in [-0.39, 0.29) is 16.5 Å². The number of allylic oxidation sites excluding steroid dienone is 2. The Morgan fingerprint density at radius 2 is 2.10 bits per heavy atom. The molecule has 0 radical (unpaired) electrons. The predicted octanol–water partition coefficient (Wildman–Crippen LogP) is 5.07. The maximum absolute atomic E-state index is 15.7. The molecule has 158 valence electrons. The van der Waals surface area contributed by atoms with Crippen LogP contribution in [0.1, 0.15) is 48.0 Å². The van der Waals surface area contributed by atoms with E-state index in [1.165, 1.54) is 11.0 Å². The zero-order valence-corrected chi connectivity index (χ0v) is 17.8. The third kappa shape index (κ3) is 3.11. The summed E-state index contributed by atoms with van der Waals surface area (Å²) in [7, 11) is 0. The van der Waals surface area contributed by atoms with E-state index >= 15 is 4.39 Å². The molecule has 7 heteroatoms. The van der Waals surface area contributed by atoms with Crippen LogP contribution in [0.15, 0.2) is 36.5 Å². The van der Waals surface area contributed by atoms with Crippen LogP contribution in [0.3, 0.4) is 0 Å². The molecule has 1 aliphatic carbocycles. The Hall–Kier alpha value is -2.91. The fourth-order valence-electron chi connectivity index (χ4n) is 5.05. The van der Waals surface area contributed by atoms with Crippen LogP contribution in [0.25, 0.3) is 11.1 Å². The zero-order valence-electron chi connectivity index (χ0n) is 17.0. The van der Waals surface area contributed by atoms with Gasteiger partial charge >= 0.3 is 0 Å². The molecule has 5 nitrogen and oxygen atoms in total. The molecule has 1 spiro atoms. The number of carbonyl (C=O) groups is 1. The molecule has 0 bridgehead atoms. The Morgan fingerprint density at radius 3 is 2.87 bits per heavy atom. The number of pyridine rings is 1. The lowest BCUT2D eigenvalue weighted by molar-refractivity contribution is 0.0666. The number of amides is 1. The summed E-state index contributed by atoms with van der Waals surface area (Å²) in [6.07, 6.45) is 9.91. The second-order valence-corrected chi connectivity index (χ2v) is 8.91. The molecule has 1 amide bonds. The number of hydrogen-bond acceptors (Lipinski definition) is 4. The van der Waals surface area contributed by atoms with E-state index in [9.17, 15) is 10.1 Å². The highest BCUT2D eigenvalue weighted by atomic mass is 35.5. The molecule has 2 aliphatic heterocycles. The van der Waals surface area contributed by atoms with E-state index in [2.05, 4.69) is 28.5 Å². The number of carbonyl (C=O) groups excluding carboxylic acids is 1. The Bertz CT molecular complexity index is 1130. The van der Waals surface area contributed by atoms with Crippen molar-refractivity contribution < 1.29 is 9.18 Å². The first-order valence-corrected chi connectivity index (χ1v) is 11.0. The minimum absolute atomic E-state index is 0.0356. The number of fused-ring (bicyclic) bond motifs is 2. The van der Waals surface area contributed by atoms with Gasteiger partial charge in [0.25, 0.3) is 5.91 Å². The van der Waals surface area contributed by atoms with Crippen molar-refractivity contribution in [1.29, 1.82) is 5.26 Å². The number of nitrogens with zero attached hydrogens (tertiary/aromatic N) is 3. The van der Waals surface area contributed by atoms with Gasteiger partial charge in [0.2, 0.25) is 0 Å². The van der Waals surface area contributed by atoms with Crippen LogP contribution in [-0.2, 0) is 5.41 Å².